The van der Waals surface area contributed by atoms with Gasteiger partial charge < -0.3 is 4.74 Å². The summed E-state index contributed by atoms with van der Waals surface area (Å²) in [5, 5.41) is 2.86. The summed E-state index contributed by atoms with van der Waals surface area (Å²) in [5.74, 6) is 0.543. The lowest BCUT2D eigenvalue weighted by molar-refractivity contribution is 0.0374. The van der Waals surface area contributed by atoms with E-state index >= 15 is 0 Å². The van der Waals surface area contributed by atoms with Crippen molar-refractivity contribution in [2.24, 2.45) is 0 Å². The van der Waals surface area contributed by atoms with Gasteiger partial charge in [-0.25, -0.2) is 0 Å². The lowest BCUT2D eigenvalue weighted by Crippen LogP contribution is -2.22. The first kappa shape index (κ1) is 12.7. The Morgan fingerprint density at radius 2 is 1.95 bits per heavy atom. The molecule has 2 unspecified atom stereocenters. The number of hydrogen-bond donors (Lipinski definition) is 0. The van der Waals surface area contributed by atoms with Crippen LogP contribution < -0.4 is 0 Å². The molecule has 0 bridgehead atoms. The van der Waals surface area contributed by atoms with Gasteiger partial charge in [0.05, 0.1) is 6.10 Å². The molecule has 0 aromatic heterocycles. The molecule has 19 heavy (non-hydrogen) atoms. The van der Waals surface area contributed by atoms with Gasteiger partial charge in [-0.2, -0.15) is 0 Å². The fourth-order valence-electron chi connectivity index (χ4n) is 3.51. The van der Waals surface area contributed by atoms with Crippen LogP contribution in [-0.4, -0.2) is 12.7 Å². The third-order valence-corrected chi connectivity index (χ3v) is 4.27. The van der Waals surface area contributed by atoms with Gasteiger partial charge in [0.2, 0.25) is 0 Å². The van der Waals surface area contributed by atoms with Gasteiger partial charge in [0.15, 0.2) is 0 Å². The highest BCUT2D eigenvalue weighted by molar-refractivity contribution is 5.91. The lowest BCUT2D eigenvalue weighted by atomic mass is 9.91. The van der Waals surface area contributed by atoms with Crippen molar-refractivity contribution in [1.82, 2.24) is 0 Å². The van der Waals surface area contributed by atoms with Crippen molar-refractivity contribution in [1.29, 1.82) is 0 Å². The largest absolute Gasteiger partial charge is 0.378 e. The third-order valence-electron chi connectivity index (χ3n) is 4.27. The van der Waals surface area contributed by atoms with E-state index in [-0.39, 0.29) is 0 Å². The predicted octanol–water partition coefficient (Wildman–Crippen LogP) is 4.68. The summed E-state index contributed by atoms with van der Waals surface area (Å²) < 4.78 is 6.03. The van der Waals surface area contributed by atoms with Crippen molar-refractivity contribution >= 4 is 10.8 Å². The van der Waals surface area contributed by atoms with Gasteiger partial charge >= 0.3 is 0 Å². The van der Waals surface area contributed by atoms with Crippen LogP contribution in [0.3, 0.4) is 0 Å². The molecule has 0 heterocycles. The van der Waals surface area contributed by atoms with Crippen LogP contribution in [0, 0.1) is 0 Å². The summed E-state index contributed by atoms with van der Waals surface area (Å²) in [7, 11) is 0. The molecule has 2 aromatic rings. The van der Waals surface area contributed by atoms with Gasteiger partial charge in [0, 0.05) is 12.5 Å². The first-order valence-corrected chi connectivity index (χ1v) is 7.47. The Bertz CT molecular complexity index is 562. The van der Waals surface area contributed by atoms with Crippen molar-refractivity contribution < 1.29 is 4.74 Å². The maximum Gasteiger partial charge on any atom is 0.0646 e. The highest BCUT2D eigenvalue weighted by Crippen LogP contribution is 2.41. The SMILES string of the molecule is CCCC(OCC)C1Cc2cccc3cccc1c23. The number of ether oxygens (including phenoxy) is 1. The van der Waals surface area contributed by atoms with Gasteiger partial charge in [0.25, 0.3) is 0 Å². The van der Waals surface area contributed by atoms with Crippen molar-refractivity contribution in [3.05, 3.63) is 47.5 Å². The van der Waals surface area contributed by atoms with Crippen LogP contribution >= 0.6 is 0 Å². The molecule has 0 saturated carbocycles. The van der Waals surface area contributed by atoms with Gasteiger partial charge in [-0.15, -0.1) is 0 Å². The quantitative estimate of drug-likeness (QED) is 0.752. The van der Waals surface area contributed by atoms with Crippen LogP contribution in [0.5, 0.6) is 0 Å². The molecule has 1 aliphatic rings. The Labute approximate surface area is 115 Å². The molecule has 0 saturated heterocycles. The van der Waals surface area contributed by atoms with Gasteiger partial charge in [-0.3, -0.25) is 0 Å². The Balaban J connectivity index is 2.02. The second-order valence-electron chi connectivity index (χ2n) is 5.46. The molecule has 1 heteroatoms. The fraction of sp³-hybridized carbons (Fsp3) is 0.444. The highest BCUT2D eigenvalue weighted by Gasteiger charge is 2.30. The molecule has 1 nitrogen and oxygen atoms in total. The molecule has 3 rings (SSSR count). The van der Waals surface area contributed by atoms with E-state index < -0.39 is 0 Å². The highest BCUT2D eigenvalue weighted by atomic mass is 16.5. The summed E-state index contributed by atoms with van der Waals surface area (Å²) >= 11 is 0. The van der Waals surface area contributed by atoms with Crippen LogP contribution in [0.2, 0.25) is 0 Å². The minimum absolute atomic E-state index is 0.369. The van der Waals surface area contributed by atoms with Gasteiger partial charge in [0.1, 0.15) is 0 Å². The summed E-state index contributed by atoms with van der Waals surface area (Å²) in [4.78, 5) is 0. The smallest absolute Gasteiger partial charge is 0.0646 e. The fourth-order valence-corrected chi connectivity index (χ4v) is 3.51. The van der Waals surface area contributed by atoms with Crippen LogP contribution in [0.4, 0.5) is 0 Å². The zero-order chi connectivity index (χ0) is 13.2. The Morgan fingerprint density at radius 3 is 2.68 bits per heavy atom. The van der Waals surface area contributed by atoms with E-state index in [1.807, 2.05) is 0 Å². The zero-order valence-electron chi connectivity index (χ0n) is 11.9. The van der Waals surface area contributed by atoms with E-state index in [0.717, 1.165) is 19.4 Å². The maximum absolute atomic E-state index is 6.03. The van der Waals surface area contributed by atoms with E-state index in [1.54, 1.807) is 0 Å². The molecule has 1 aliphatic carbocycles. The summed E-state index contributed by atoms with van der Waals surface area (Å²) in [6.45, 7) is 5.16. The first-order valence-electron chi connectivity index (χ1n) is 7.47. The minimum atomic E-state index is 0.369. The molecule has 0 fully saturated rings. The number of benzene rings is 2. The van der Waals surface area contributed by atoms with E-state index in [2.05, 4.69) is 50.2 Å². The second-order valence-corrected chi connectivity index (χ2v) is 5.46. The molecule has 2 aromatic carbocycles. The van der Waals surface area contributed by atoms with Crippen LogP contribution in [-0.2, 0) is 11.2 Å². The van der Waals surface area contributed by atoms with E-state index in [1.165, 1.54) is 28.3 Å². The average Bonchev–Trinajstić information content (AvgIpc) is 2.80. The van der Waals surface area contributed by atoms with Crippen molar-refractivity contribution in [2.45, 2.75) is 45.1 Å². The predicted molar refractivity (Wildman–Crippen MR) is 80.7 cm³/mol. The Morgan fingerprint density at radius 1 is 1.16 bits per heavy atom. The topological polar surface area (TPSA) is 9.23 Å². The Hall–Kier alpha value is -1.34. The molecule has 0 radical (unpaired) electrons. The number of hydrogen-bond acceptors (Lipinski definition) is 1. The Kier molecular flexibility index (Phi) is 3.56. The monoisotopic (exact) mass is 254 g/mol. The summed E-state index contributed by atoms with van der Waals surface area (Å²) in [5.41, 5.74) is 3.00. The first-order chi connectivity index (χ1) is 9.35. The maximum atomic E-state index is 6.03. The summed E-state index contributed by atoms with van der Waals surface area (Å²) in [6.07, 6.45) is 3.85. The average molecular weight is 254 g/mol. The van der Waals surface area contributed by atoms with Crippen molar-refractivity contribution in [3.8, 4) is 0 Å². The molecular weight excluding hydrogens is 232 g/mol. The standard InChI is InChI=1S/C18H22O/c1-3-7-17(19-4-2)16-12-14-10-5-8-13-9-6-11-15(16)18(13)14/h5-6,8-11,16-17H,3-4,7,12H2,1-2H3. The molecule has 0 N–H and O–H groups in total. The molecule has 2 atom stereocenters. The molecule has 0 amide bonds. The van der Waals surface area contributed by atoms with E-state index in [0.29, 0.717) is 12.0 Å². The van der Waals surface area contributed by atoms with E-state index in [9.17, 15) is 0 Å². The van der Waals surface area contributed by atoms with Crippen LogP contribution in [0.15, 0.2) is 36.4 Å². The van der Waals surface area contributed by atoms with Crippen LogP contribution in [0.1, 0.15) is 43.7 Å². The van der Waals surface area contributed by atoms with Gasteiger partial charge in [-0.1, -0.05) is 49.7 Å². The zero-order valence-corrected chi connectivity index (χ0v) is 11.9. The minimum Gasteiger partial charge on any atom is -0.378 e. The molecular formula is C18H22O. The van der Waals surface area contributed by atoms with E-state index in [4.69, 9.17) is 4.74 Å². The van der Waals surface area contributed by atoms with Crippen LogP contribution in [0.25, 0.3) is 10.8 Å². The van der Waals surface area contributed by atoms with Crippen molar-refractivity contribution in [3.63, 3.8) is 0 Å². The lowest BCUT2D eigenvalue weighted by Gasteiger charge is -2.24. The normalized spacial score (nSPS) is 18.9. The van der Waals surface area contributed by atoms with Gasteiger partial charge in [-0.05, 0) is 41.7 Å². The summed E-state index contributed by atoms with van der Waals surface area (Å²) in [6, 6.07) is 13.4. The molecule has 100 valence electrons. The number of rotatable bonds is 5. The molecule has 0 aliphatic heterocycles. The second kappa shape index (κ2) is 5.34. The third kappa shape index (κ3) is 2.17. The molecule has 0 spiro atoms. The van der Waals surface area contributed by atoms with Crippen molar-refractivity contribution in [2.75, 3.05) is 6.61 Å².